The molecule has 0 saturated carbocycles. The molecule has 0 aliphatic carbocycles. The van der Waals surface area contributed by atoms with Crippen LogP contribution in [0, 0.1) is 23.7 Å². The number of rotatable bonds is 4. The average molecular weight is 441 g/mol. The van der Waals surface area contributed by atoms with Gasteiger partial charge in [-0.25, -0.2) is 0 Å². The van der Waals surface area contributed by atoms with E-state index in [-0.39, 0.29) is 0 Å². The van der Waals surface area contributed by atoms with Crippen molar-refractivity contribution in [1.82, 2.24) is 0 Å². The van der Waals surface area contributed by atoms with Crippen molar-refractivity contribution in [3.63, 3.8) is 0 Å². The van der Waals surface area contributed by atoms with E-state index in [1.54, 1.807) is 14.2 Å². The summed E-state index contributed by atoms with van der Waals surface area (Å²) in [5.74, 6) is 14.4. The highest BCUT2D eigenvalue weighted by atomic mass is 16.5. The third-order valence-electron chi connectivity index (χ3n) is 5.17. The molecule has 0 aliphatic rings. The van der Waals surface area contributed by atoms with E-state index in [0.29, 0.717) is 0 Å². The van der Waals surface area contributed by atoms with Crippen LogP contribution >= 0.6 is 0 Å². The highest BCUT2D eigenvalue weighted by molar-refractivity contribution is 5.70. The predicted molar refractivity (Wildman–Crippen MR) is 140 cm³/mol. The van der Waals surface area contributed by atoms with Crippen molar-refractivity contribution < 1.29 is 9.47 Å². The molecule has 164 valence electrons. The van der Waals surface area contributed by atoms with E-state index in [2.05, 4.69) is 60.1 Å². The molecule has 0 N–H and O–H groups in total. The molecule has 0 fully saturated rings. The van der Waals surface area contributed by atoms with Crippen LogP contribution in [0.15, 0.2) is 97.1 Å². The Morgan fingerprint density at radius 2 is 0.676 bits per heavy atom. The molecule has 0 unspecified atom stereocenters. The van der Waals surface area contributed by atoms with Gasteiger partial charge in [-0.1, -0.05) is 60.1 Å². The van der Waals surface area contributed by atoms with E-state index >= 15 is 0 Å². The highest BCUT2D eigenvalue weighted by Gasteiger charge is 1.94. The van der Waals surface area contributed by atoms with Crippen molar-refractivity contribution in [2.45, 2.75) is 0 Å². The lowest BCUT2D eigenvalue weighted by Crippen LogP contribution is -1.82. The molecule has 34 heavy (non-hydrogen) atoms. The van der Waals surface area contributed by atoms with Crippen LogP contribution in [-0.4, -0.2) is 14.2 Å². The zero-order valence-corrected chi connectivity index (χ0v) is 19.2. The van der Waals surface area contributed by atoms with Crippen LogP contribution < -0.4 is 9.47 Å². The Morgan fingerprint density at radius 3 is 0.941 bits per heavy atom. The Labute approximate surface area is 201 Å². The fourth-order valence-electron chi connectivity index (χ4n) is 3.18. The molecular weight excluding hydrogens is 416 g/mol. The number of hydrogen-bond acceptors (Lipinski definition) is 2. The minimum absolute atomic E-state index is 0.831. The Balaban J connectivity index is 1.36. The van der Waals surface area contributed by atoms with E-state index in [4.69, 9.17) is 9.47 Å². The lowest BCUT2D eigenvalue weighted by atomic mass is 10.1. The van der Waals surface area contributed by atoms with E-state index in [1.807, 2.05) is 72.8 Å². The summed E-state index contributed by atoms with van der Waals surface area (Å²) in [4.78, 5) is 0. The second kappa shape index (κ2) is 11.3. The van der Waals surface area contributed by atoms with Crippen molar-refractivity contribution in [1.29, 1.82) is 0 Å². The van der Waals surface area contributed by atoms with E-state index < -0.39 is 0 Å². The number of hydrogen-bond donors (Lipinski definition) is 0. The Morgan fingerprint density at radius 1 is 0.412 bits per heavy atom. The normalized spacial score (nSPS) is 10.1. The first-order valence-electron chi connectivity index (χ1n) is 10.9. The maximum atomic E-state index is 5.18. The summed E-state index contributed by atoms with van der Waals surface area (Å²) in [7, 11) is 3.32. The topological polar surface area (TPSA) is 18.5 Å². The summed E-state index contributed by atoms with van der Waals surface area (Å²) in [5.41, 5.74) is 6.13. The van der Waals surface area contributed by atoms with Crippen LogP contribution in [0.2, 0.25) is 0 Å². The summed E-state index contributed by atoms with van der Waals surface area (Å²) in [6, 6.07) is 31.9. The Hall–Kier alpha value is -4.66. The lowest BCUT2D eigenvalue weighted by Gasteiger charge is -1.98. The van der Waals surface area contributed by atoms with Crippen LogP contribution in [0.4, 0.5) is 0 Å². The van der Waals surface area contributed by atoms with Crippen molar-refractivity contribution in [2.75, 3.05) is 14.2 Å². The smallest absolute Gasteiger partial charge is 0.118 e. The molecule has 0 bridgehead atoms. The van der Waals surface area contributed by atoms with Crippen LogP contribution in [-0.2, 0) is 0 Å². The summed E-state index contributed by atoms with van der Waals surface area (Å²) in [6.45, 7) is 0. The van der Waals surface area contributed by atoms with Gasteiger partial charge in [-0.3, -0.25) is 0 Å². The molecule has 0 aromatic heterocycles. The standard InChI is InChI=1S/C32H24O2/c1-33-31-21-17-29(18-22-31)15-13-27-9-5-25(6-10-27)3-4-26-7-11-28(12-8-26)14-16-30-19-23-32(34-2)24-20-30/h3-12,17-24H,1-2H3/b4-3+. The minimum atomic E-state index is 0.831. The quantitative estimate of drug-likeness (QED) is 0.260. The second-order valence-electron chi connectivity index (χ2n) is 7.53. The second-order valence-corrected chi connectivity index (χ2v) is 7.53. The molecule has 0 radical (unpaired) electrons. The summed E-state index contributed by atoms with van der Waals surface area (Å²) < 4.78 is 10.4. The third kappa shape index (κ3) is 6.42. The molecule has 0 amide bonds. The molecular formula is C32H24O2. The van der Waals surface area contributed by atoms with Gasteiger partial charge < -0.3 is 9.47 Å². The molecule has 0 aliphatic heterocycles. The summed E-state index contributed by atoms with van der Waals surface area (Å²) in [6.07, 6.45) is 4.19. The van der Waals surface area contributed by atoms with Gasteiger partial charge in [-0.05, 0) is 83.9 Å². The van der Waals surface area contributed by atoms with Gasteiger partial charge in [0.25, 0.3) is 0 Å². The Kier molecular flexibility index (Phi) is 7.47. The molecule has 0 heterocycles. The largest absolute Gasteiger partial charge is 0.497 e. The summed E-state index contributed by atoms with van der Waals surface area (Å²) >= 11 is 0. The highest BCUT2D eigenvalue weighted by Crippen LogP contribution is 2.13. The van der Waals surface area contributed by atoms with E-state index in [1.165, 1.54) is 0 Å². The Bertz CT molecular complexity index is 1260. The average Bonchev–Trinajstić information content (AvgIpc) is 2.91. The number of ether oxygens (including phenoxy) is 2. The van der Waals surface area contributed by atoms with Crippen molar-refractivity contribution in [3.05, 3.63) is 130 Å². The van der Waals surface area contributed by atoms with Crippen LogP contribution in [0.5, 0.6) is 11.5 Å². The SMILES string of the molecule is COc1ccc(C#Cc2ccc(/C=C/c3ccc(C#Cc4ccc(OC)cc4)cc3)cc2)cc1. The van der Waals surface area contributed by atoms with Gasteiger partial charge in [0, 0.05) is 22.3 Å². The van der Waals surface area contributed by atoms with Crippen LogP contribution in [0.1, 0.15) is 33.4 Å². The molecule has 2 heteroatoms. The third-order valence-corrected chi connectivity index (χ3v) is 5.17. The molecule has 4 aromatic rings. The molecule has 0 atom stereocenters. The molecule has 0 spiro atoms. The van der Waals surface area contributed by atoms with Gasteiger partial charge in [0.2, 0.25) is 0 Å². The first kappa shape index (κ1) is 22.5. The predicted octanol–water partition coefficient (Wildman–Crippen LogP) is 6.67. The monoisotopic (exact) mass is 440 g/mol. The first-order valence-corrected chi connectivity index (χ1v) is 10.9. The van der Waals surface area contributed by atoms with Gasteiger partial charge in [0.15, 0.2) is 0 Å². The fraction of sp³-hybridized carbons (Fsp3) is 0.0625. The minimum Gasteiger partial charge on any atom is -0.497 e. The van der Waals surface area contributed by atoms with Gasteiger partial charge in [0.05, 0.1) is 14.2 Å². The van der Waals surface area contributed by atoms with Crippen molar-refractivity contribution >= 4 is 12.2 Å². The lowest BCUT2D eigenvalue weighted by molar-refractivity contribution is 0.414. The fourth-order valence-corrected chi connectivity index (χ4v) is 3.18. The molecule has 4 aromatic carbocycles. The van der Waals surface area contributed by atoms with Crippen LogP contribution in [0.3, 0.4) is 0 Å². The van der Waals surface area contributed by atoms with Crippen molar-refractivity contribution in [3.8, 4) is 35.2 Å². The van der Waals surface area contributed by atoms with Gasteiger partial charge in [0.1, 0.15) is 11.5 Å². The van der Waals surface area contributed by atoms with E-state index in [0.717, 1.165) is 44.9 Å². The number of methoxy groups -OCH3 is 2. The number of benzene rings is 4. The zero-order valence-electron chi connectivity index (χ0n) is 19.2. The molecule has 2 nitrogen and oxygen atoms in total. The van der Waals surface area contributed by atoms with Gasteiger partial charge in [-0.15, -0.1) is 0 Å². The van der Waals surface area contributed by atoms with E-state index in [9.17, 15) is 0 Å². The van der Waals surface area contributed by atoms with Gasteiger partial charge >= 0.3 is 0 Å². The maximum Gasteiger partial charge on any atom is 0.118 e. The molecule has 0 saturated heterocycles. The maximum absolute atomic E-state index is 5.18. The molecule has 4 rings (SSSR count). The van der Waals surface area contributed by atoms with Crippen molar-refractivity contribution in [2.24, 2.45) is 0 Å². The van der Waals surface area contributed by atoms with Gasteiger partial charge in [-0.2, -0.15) is 0 Å². The summed E-state index contributed by atoms with van der Waals surface area (Å²) in [5, 5.41) is 0. The first-order chi connectivity index (χ1) is 16.7. The zero-order chi connectivity index (χ0) is 23.6. The van der Waals surface area contributed by atoms with Crippen LogP contribution in [0.25, 0.3) is 12.2 Å².